The summed E-state index contributed by atoms with van der Waals surface area (Å²) < 4.78 is 11.6. The number of carbonyl (C=O) groups is 2. The number of hydrogen-bond acceptors (Lipinski definition) is 5. The Bertz CT molecular complexity index is 876. The van der Waals surface area contributed by atoms with Crippen molar-refractivity contribution in [3.63, 3.8) is 0 Å². The van der Waals surface area contributed by atoms with Gasteiger partial charge < -0.3 is 9.47 Å². The Hall–Kier alpha value is -2.65. The van der Waals surface area contributed by atoms with Crippen LogP contribution in [0.3, 0.4) is 0 Å². The molecule has 28 heavy (non-hydrogen) atoms. The second-order valence-corrected chi connectivity index (χ2v) is 6.96. The summed E-state index contributed by atoms with van der Waals surface area (Å²) in [6.45, 7) is 3.97. The summed E-state index contributed by atoms with van der Waals surface area (Å²) in [7, 11) is 0. The molecule has 0 spiro atoms. The van der Waals surface area contributed by atoms with Gasteiger partial charge in [-0.3, -0.25) is 25.8 Å². The Kier molecular flexibility index (Phi) is 8.21. The molecule has 0 fully saturated rings. The Morgan fingerprint density at radius 1 is 1.11 bits per heavy atom. The minimum absolute atomic E-state index is 0.0590. The fourth-order valence-corrected chi connectivity index (χ4v) is 2.68. The lowest BCUT2D eigenvalue weighted by atomic mass is 10.2. The number of carbonyl (C=O) groups excluding carboxylic acids is 2. The molecule has 0 aliphatic carbocycles. The van der Waals surface area contributed by atoms with Gasteiger partial charge in [0.05, 0.1) is 12.2 Å². The molecular formula is C19H20BrN3O4S. The van der Waals surface area contributed by atoms with Crippen molar-refractivity contribution in [2.24, 2.45) is 0 Å². The average molecular weight is 466 g/mol. The maximum atomic E-state index is 12.4. The molecule has 0 unspecified atom stereocenters. The molecule has 2 rings (SSSR count). The highest BCUT2D eigenvalue weighted by atomic mass is 79.9. The predicted molar refractivity (Wildman–Crippen MR) is 113 cm³/mol. The number of nitrogens with one attached hydrogen (secondary N) is 3. The number of hydrazine groups is 1. The van der Waals surface area contributed by atoms with Gasteiger partial charge in [0.15, 0.2) is 11.7 Å². The van der Waals surface area contributed by atoms with Crippen LogP contribution >= 0.6 is 28.1 Å². The van der Waals surface area contributed by atoms with Crippen LogP contribution in [0.25, 0.3) is 0 Å². The average Bonchev–Trinajstić information content (AvgIpc) is 2.66. The zero-order chi connectivity index (χ0) is 20.5. The number of rotatable bonds is 6. The van der Waals surface area contributed by atoms with Crippen molar-refractivity contribution in [2.75, 3.05) is 13.2 Å². The summed E-state index contributed by atoms with van der Waals surface area (Å²) in [5, 5.41) is 2.42. The molecule has 3 N–H and O–H groups in total. The first kappa shape index (κ1) is 21.6. The van der Waals surface area contributed by atoms with Crippen molar-refractivity contribution in [3.8, 4) is 11.5 Å². The van der Waals surface area contributed by atoms with Crippen LogP contribution in [0.5, 0.6) is 11.5 Å². The molecule has 0 aromatic heterocycles. The number of amides is 2. The van der Waals surface area contributed by atoms with Gasteiger partial charge in [-0.15, -0.1) is 0 Å². The van der Waals surface area contributed by atoms with E-state index >= 15 is 0 Å². The first-order valence-electron chi connectivity index (χ1n) is 8.41. The van der Waals surface area contributed by atoms with Crippen molar-refractivity contribution in [1.82, 2.24) is 16.2 Å². The lowest BCUT2D eigenvalue weighted by Crippen LogP contribution is -2.49. The molecule has 2 amide bonds. The fourth-order valence-electron chi connectivity index (χ4n) is 2.18. The van der Waals surface area contributed by atoms with E-state index in [9.17, 15) is 9.59 Å². The molecule has 0 saturated heterocycles. The van der Waals surface area contributed by atoms with Gasteiger partial charge in [-0.1, -0.05) is 28.1 Å². The number of aryl methyl sites for hydroxylation is 1. The normalized spacial score (nSPS) is 9.96. The van der Waals surface area contributed by atoms with Crippen LogP contribution in [0.1, 0.15) is 22.8 Å². The maximum Gasteiger partial charge on any atom is 0.276 e. The standard InChI is InChI=1S/C19H20BrN3O4S/c1-3-26-16-8-7-13(20)10-15(16)18(25)21-19(28)23-22-17(24)11-27-14-6-4-5-12(2)9-14/h4-10H,3,11H2,1-2H3,(H,22,24)(H2,21,23,25,28). The second-order valence-electron chi connectivity index (χ2n) is 5.64. The SMILES string of the molecule is CCOc1ccc(Br)cc1C(=O)NC(=S)NNC(=O)COc1cccc(C)c1. The number of ether oxygens (including phenoxy) is 2. The fraction of sp³-hybridized carbons (Fsp3) is 0.211. The van der Waals surface area contributed by atoms with E-state index in [4.69, 9.17) is 21.7 Å². The summed E-state index contributed by atoms with van der Waals surface area (Å²) >= 11 is 8.35. The number of halogens is 1. The van der Waals surface area contributed by atoms with Crippen LogP contribution in [-0.2, 0) is 4.79 Å². The molecule has 0 heterocycles. The van der Waals surface area contributed by atoms with Gasteiger partial charge in [-0.25, -0.2) is 0 Å². The minimum Gasteiger partial charge on any atom is -0.493 e. The highest BCUT2D eigenvalue weighted by molar-refractivity contribution is 9.10. The van der Waals surface area contributed by atoms with Crippen LogP contribution in [0, 0.1) is 6.92 Å². The first-order valence-corrected chi connectivity index (χ1v) is 9.61. The van der Waals surface area contributed by atoms with Crippen LogP contribution in [0.2, 0.25) is 0 Å². The molecule has 0 aliphatic rings. The highest BCUT2D eigenvalue weighted by Crippen LogP contribution is 2.23. The van der Waals surface area contributed by atoms with Gasteiger partial charge in [0.25, 0.3) is 11.8 Å². The molecule has 0 radical (unpaired) electrons. The molecule has 7 nitrogen and oxygen atoms in total. The summed E-state index contributed by atoms with van der Waals surface area (Å²) in [5.41, 5.74) is 6.17. The third kappa shape index (κ3) is 6.82. The lowest BCUT2D eigenvalue weighted by Gasteiger charge is -2.13. The van der Waals surface area contributed by atoms with Crippen molar-refractivity contribution in [1.29, 1.82) is 0 Å². The summed E-state index contributed by atoms with van der Waals surface area (Å²) in [6.07, 6.45) is 0. The third-order valence-corrected chi connectivity index (χ3v) is 4.09. The maximum absolute atomic E-state index is 12.4. The lowest BCUT2D eigenvalue weighted by molar-refractivity contribution is -0.123. The zero-order valence-corrected chi connectivity index (χ0v) is 17.8. The van der Waals surface area contributed by atoms with Crippen molar-refractivity contribution >= 4 is 45.1 Å². The van der Waals surface area contributed by atoms with Gasteiger partial charge in [-0.2, -0.15) is 0 Å². The third-order valence-electron chi connectivity index (χ3n) is 3.39. The van der Waals surface area contributed by atoms with Gasteiger partial charge in [-0.05, 0) is 62.0 Å². The monoisotopic (exact) mass is 465 g/mol. The number of hydrogen-bond donors (Lipinski definition) is 3. The van der Waals surface area contributed by atoms with E-state index in [-0.39, 0.29) is 11.7 Å². The molecule has 148 valence electrons. The molecule has 0 atom stereocenters. The molecule has 2 aromatic rings. The predicted octanol–water partition coefficient (Wildman–Crippen LogP) is 2.87. The zero-order valence-electron chi connectivity index (χ0n) is 15.4. The van der Waals surface area contributed by atoms with Gasteiger partial charge >= 0.3 is 0 Å². The van der Waals surface area contributed by atoms with Gasteiger partial charge in [0.1, 0.15) is 11.5 Å². The smallest absolute Gasteiger partial charge is 0.276 e. The molecule has 9 heteroatoms. The molecule has 2 aromatic carbocycles. The molecular weight excluding hydrogens is 446 g/mol. The van der Waals surface area contributed by atoms with E-state index < -0.39 is 11.8 Å². The van der Waals surface area contributed by atoms with Gasteiger partial charge in [0, 0.05) is 4.47 Å². The largest absolute Gasteiger partial charge is 0.493 e. The van der Waals surface area contributed by atoms with Crippen molar-refractivity contribution in [3.05, 3.63) is 58.1 Å². The Labute approximate surface area is 176 Å². The van der Waals surface area contributed by atoms with E-state index in [0.717, 1.165) is 10.0 Å². The molecule has 0 aliphatic heterocycles. The summed E-state index contributed by atoms with van der Waals surface area (Å²) in [4.78, 5) is 24.3. The van der Waals surface area contributed by atoms with Crippen molar-refractivity contribution in [2.45, 2.75) is 13.8 Å². The molecule has 0 bridgehead atoms. The highest BCUT2D eigenvalue weighted by Gasteiger charge is 2.15. The van der Waals surface area contributed by atoms with E-state index in [1.807, 2.05) is 32.0 Å². The Morgan fingerprint density at radius 2 is 1.89 bits per heavy atom. The quantitative estimate of drug-likeness (QED) is 0.448. The number of thiocarbonyl (C=S) groups is 1. The van der Waals surface area contributed by atoms with E-state index in [2.05, 4.69) is 32.1 Å². The second kappa shape index (κ2) is 10.6. The van der Waals surface area contributed by atoms with Crippen molar-refractivity contribution < 1.29 is 19.1 Å². The van der Waals surface area contributed by atoms with Gasteiger partial charge in [0.2, 0.25) is 0 Å². The van der Waals surface area contributed by atoms with E-state index in [0.29, 0.717) is 23.7 Å². The summed E-state index contributed by atoms with van der Waals surface area (Å²) in [5.74, 6) is 0.105. The van der Waals surface area contributed by atoms with Crippen LogP contribution in [-0.4, -0.2) is 30.1 Å². The van der Waals surface area contributed by atoms with E-state index in [1.165, 1.54) is 0 Å². The minimum atomic E-state index is -0.465. The number of benzene rings is 2. The molecule has 0 saturated carbocycles. The summed E-state index contributed by atoms with van der Waals surface area (Å²) in [6, 6.07) is 12.4. The van der Waals surface area contributed by atoms with E-state index in [1.54, 1.807) is 24.3 Å². The van der Waals surface area contributed by atoms with Crippen LogP contribution in [0.15, 0.2) is 46.9 Å². The first-order chi connectivity index (χ1) is 13.4. The topological polar surface area (TPSA) is 88.7 Å². The Balaban J connectivity index is 1.82. The Morgan fingerprint density at radius 3 is 2.61 bits per heavy atom. The van der Waals surface area contributed by atoms with Crippen LogP contribution in [0.4, 0.5) is 0 Å². The van der Waals surface area contributed by atoms with Crippen LogP contribution < -0.4 is 25.6 Å².